The topological polar surface area (TPSA) is 62.1 Å². The lowest BCUT2D eigenvalue weighted by molar-refractivity contribution is 0.167. The lowest BCUT2D eigenvalue weighted by atomic mass is 10.1. The molecule has 0 aliphatic carbocycles. The molecule has 1 aromatic rings. The van der Waals surface area contributed by atoms with Crippen molar-refractivity contribution >= 4 is 17.0 Å². The zero-order valence-electron chi connectivity index (χ0n) is 9.73. The highest BCUT2D eigenvalue weighted by Gasteiger charge is 2.04. The van der Waals surface area contributed by atoms with E-state index in [0.29, 0.717) is 0 Å². The van der Waals surface area contributed by atoms with E-state index in [0.717, 1.165) is 18.7 Å². The minimum absolute atomic E-state index is 0.239. The number of hydrogen-bond acceptors (Lipinski definition) is 4. The summed E-state index contributed by atoms with van der Waals surface area (Å²) < 4.78 is 4.55. The number of nitrogens with zero attached hydrogens (tertiary/aromatic N) is 1. The van der Waals surface area contributed by atoms with Crippen LogP contribution in [-0.4, -0.2) is 18.5 Å². The molecule has 0 spiro atoms. The molecule has 1 heterocycles. The Labute approximate surface area is 111 Å². The minimum Gasteiger partial charge on any atom is -0.449 e. The van der Waals surface area contributed by atoms with Crippen molar-refractivity contribution in [3.05, 3.63) is 47.5 Å². The van der Waals surface area contributed by atoms with E-state index in [-0.39, 0.29) is 6.61 Å². The smallest absolute Gasteiger partial charge is 0.404 e. The second-order valence-electron chi connectivity index (χ2n) is 3.55. The van der Waals surface area contributed by atoms with Gasteiger partial charge in [-0.2, -0.15) is 5.26 Å². The number of benzene rings is 1. The summed E-state index contributed by atoms with van der Waals surface area (Å²) in [5, 5.41) is 11.1. The Hall–Kier alpha value is -1.83. The molecular weight excluding hydrogens is 252 g/mol. The number of nitriles is 1. The zero-order chi connectivity index (χ0) is 13.2. The van der Waals surface area contributed by atoms with Crippen LogP contribution in [0.2, 0.25) is 0 Å². The molecule has 0 atom stereocenters. The predicted octanol–water partition coefficient (Wildman–Crippen LogP) is 2.60. The first-order valence-electron chi connectivity index (χ1n) is 5.37. The van der Waals surface area contributed by atoms with E-state index in [1.807, 2.05) is 36.4 Å². The maximum Gasteiger partial charge on any atom is 0.404 e. The normalized spacial score (nSPS) is 12.3. The summed E-state index contributed by atoms with van der Waals surface area (Å²) in [5.41, 5.74) is 1.37. The summed E-state index contributed by atoms with van der Waals surface area (Å²) >= 11 is 4.97. The Kier molecular flexibility index (Phi) is 6.55. The third-order valence-electron chi connectivity index (χ3n) is 2.17. The summed E-state index contributed by atoms with van der Waals surface area (Å²) in [5.74, 6) is 0. The van der Waals surface area contributed by atoms with Crippen LogP contribution in [0.25, 0.3) is 0 Å². The van der Waals surface area contributed by atoms with Gasteiger partial charge in [-0.1, -0.05) is 30.3 Å². The maximum atomic E-state index is 10.2. The monoisotopic (exact) mass is 264 g/mol. The van der Waals surface area contributed by atoms with Gasteiger partial charge in [0, 0.05) is 30.8 Å². The SMILES string of the molecule is N#CC=C1CNC1.O=C(Cl)OCc1ccccc1. The molecule has 1 fully saturated rings. The molecule has 0 bridgehead atoms. The van der Waals surface area contributed by atoms with E-state index in [1.54, 1.807) is 6.08 Å². The summed E-state index contributed by atoms with van der Waals surface area (Å²) in [4.78, 5) is 10.2. The molecule has 1 aromatic carbocycles. The number of carbonyl (C=O) groups excluding carboxylic acids is 1. The lowest BCUT2D eigenvalue weighted by Crippen LogP contribution is -2.33. The number of nitrogens with one attached hydrogen (secondary N) is 1. The van der Waals surface area contributed by atoms with E-state index in [2.05, 4.69) is 10.1 Å². The van der Waals surface area contributed by atoms with Gasteiger partial charge in [-0.05, 0) is 11.1 Å². The van der Waals surface area contributed by atoms with Crippen LogP contribution < -0.4 is 5.32 Å². The Morgan fingerprint density at radius 1 is 1.44 bits per heavy atom. The maximum absolute atomic E-state index is 10.2. The third kappa shape index (κ3) is 6.04. The van der Waals surface area contributed by atoms with Gasteiger partial charge in [-0.25, -0.2) is 4.79 Å². The Balaban J connectivity index is 0.000000199. The molecule has 0 unspecified atom stereocenters. The average molecular weight is 265 g/mol. The largest absolute Gasteiger partial charge is 0.449 e. The van der Waals surface area contributed by atoms with Gasteiger partial charge < -0.3 is 10.1 Å². The first-order chi connectivity index (χ1) is 8.72. The minimum atomic E-state index is -0.770. The number of carbonyl (C=O) groups is 1. The van der Waals surface area contributed by atoms with Gasteiger partial charge in [0.2, 0.25) is 0 Å². The molecule has 1 aliphatic heterocycles. The molecule has 94 valence electrons. The molecule has 0 amide bonds. The van der Waals surface area contributed by atoms with Crippen molar-refractivity contribution in [3.8, 4) is 6.07 Å². The van der Waals surface area contributed by atoms with Crippen LogP contribution in [0.1, 0.15) is 5.56 Å². The second kappa shape index (κ2) is 8.29. The van der Waals surface area contributed by atoms with E-state index in [4.69, 9.17) is 16.9 Å². The van der Waals surface area contributed by atoms with E-state index >= 15 is 0 Å². The number of allylic oxidation sites excluding steroid dienone is 1. The van der Waals surface area contributed by atoms with Gasteiger partial charge in [-0.3, -0.25) is 0 Å². The van der Waals surface area contributed by atoms with Gasteiger partial charge >= 0.3 is 5.43 Å². The zero-order valence-corrected chi connectivity index (χ0v) is 10.5. The van der Waals surface area contributed by atoms with Crippen molar-refractivity contribution in [1.29, 1.82) is 5.26 Å². The molecule has 0 aromatic heterocycles. The van der Waals surface area contributed by atoms with Crippen LogP contribution in [0.15, 0.2) is 42.0 Å². The lowest BCUT2D eigenvalue weighted by Gasteiger charge is -2.16. The van der Waals surface area contributed by atoms with E-state index < -0.39 is 5.43 Å². The summed E-state index contributed by atoms with van der Waals surface area (Å²) in [6.45, 7) is 2.06. The summed E-state index contributed by atoms with van der Waals surface area (Å²) in [6.07, 6.45) is 1.59. The van der Waals surface area contributed by atoms with Crippen LogP contribution in [0.3, 0.4) is 0 Å². The van der Waals surface area contributed by atoms with Crippen molar-refractivity contribution < 1.29 is 9.53 Å². The van der Waals surface area contributed by atoms with Crippen molar-refractivity contribution in [1.82, 2.24) is 5.32 Å². The van der Waals surface area contributed by atoms with Crippen molar-refractivity contribution in [2.24, 2.45) is 0 Å². The molecule has 1 N–H and O–H groups in total. The number of hydrogen-bond donors (Lipinski definition) is 1. The quantitative estimate of drug-likeness (QED) is 0.659. The molecule has 1 saturated heterocycles. The van der Waals surface area contributed by atoms with Gasteiger partial charge in [0.05, 0.1) is 6.07 Å². The number of halogens is 1. The van der Waals surface area contributed by atoms with E-state index in [9.17, 15) is 4.79 Å². The average Bonchev–Trinajstić information content (AvgIpc) is 2.33. The van der Waals surface area contributed by atoms with Crippen LogP contribution in [0.5, 0.6) is 0 Å². The molecule has 0 saturated carbocycles. The summed E-state index contributed by atoms with van der Waals surface area (Å²) in [7, 11) is 0. The van der Waals surface area contributed by atoms with Gasteiger partial charge in [-0.15, -0.1) is 0 Å². The first-order valence-corrected chi connectivity index (χ1v) is 5.74. The van der Waals surface area contributed by atoms with Gasteiger partial charge in [0.1, 0.15) is 6.61 Å². The molecule has 4 nitrogen and oxygen atoms in total. The fraction of sp³-hybridized carbons (Fsp3) is 0.231. The number of ether oxygens (including phenoxy) is 1. The highest BCUT2D eigenvalue weighted by atomic mass is 35.5. The Morgan fingerprint density at radius 3 is 2.50 bits per heavy atom. The fourth-order valence-electron chi connectivity index (χ4n) is 1.18. The van der Waals surface area contributed by atoms with Gasteiger partial charge in [0.25, 0.3) is 0 Å². The molecule has 0 radical (unpaired) electrons. The molecule has 5 heteroatoms. The van der Waals surface area contributed by atoms with E-state index in [1.165, 1.54) is 5.57 Å². The van der Waals surface area contributed by atoms with Crippen LogP contribution in [-0.2, 0) is 11.3 Å². The van der Waals surface area contributed by atoms with Crippen LogP contribution in [0.4, 0.5) is 4.79 Å². The predicted molar refractivity (Wildman–Crippen MR) is 69.0 cm³/mol. The molecule has 18 heavy (non-hydrogen) atoms. The molecular formula is C13H13ClN2O2. The number of rotatable bonds is 2. The fourth-order valence-corrected chi connectivity index (χ4v) is 1.23. The van der Waals surface area contributed by atoms with Crippen molar-refractivity contribution in [2.75, 3.05) is 13.1 Å². The molecule has 2 rings (SSSR count). The second-order valence-corrected chi connectivity index (χ2v) is 3.86. The summed E-state index contributed by atoms with van der Waals surface area (Å²) in [6, 6.07) is 11.3. The van der Waals surface area contributed by atoms with Crippen molar-refractivity contribution in [3.63, 3.8) is 0 Å². The Bertz CT molecular complexity index is 446. The van der Waals surface area contributed by atoms with Crippen molar-refractivity contribution in [2.45, 2.75) is 6.61 Å². The van der Waals surface area contributed by atoms with Crippen LogP contribution in [0, 0.1) is 11.3 Å². The first kappa shape index (κ1) is 14.2. The highest BCUT2D eigenvalue weighted by molar-refractivity contribution is 6.61. The Morgan fingerprint density at radius 2 is 2.11 bits per heavy atom. The van der Waals surface area contributed by atoms with Gasteiger partial charge in [0.15, 0.2) is 0 Å². The molecule has 1 aliphatic rings. The highest BCUT2D eigenvalue weighted by Crippen LogP contribution is 2.01. The third-order valence-corrected chi connectivity index (χ3v) is 2.28. The standard InChI is InChI=1S/C8H7ClO2.C5H6N2/c9-8(10)11-6-7-4-2-1-3-5-7;6-2-1-5-3-7-4-5/h1-5H,6H2;1,7H,3-4H2. The van der Waals surface area contributed by atoms with Crippen LogP contribution >= 0.6 is 11.6 Å².